The molecule has 0 saturated carbocycles. The van der Waals surface area contributed by atoms with E-state index in [4.69, 9.17) is 27.9 Å². The van der Waals surface area contributed by atoms with E-state index >= 15 is 0 Å². The van der Waals surface area contributed by atoms with Crippen LogP contribution in [0.1, 0.15) is 12.5 Å². The molecule has 0 radical (unpaired) electrons. The lowest BCUT2D eigenvalue weighted by Gasteiger charge is -2.32. The summed E-state index contributed by atoms with van der Waals surface area (Å²) in [5, 5.41) is 3.36. The third-order valence-corrected chi connectivity index (χ3v) is 8.16. The first kappa shape index (κ1) is 28.3. The lowest BCUT2D eigenvalue weighted by Crippen LogP contribution is -2.50. The van der Waals surface area contributed by atoms with Crippen molar-refractivity contribution in [2.24, 2.45) is 0 Å². The number of ether oxygens (including phenoxy) is 1. The molecule has 0 bridgehead atoms. The quantitative estimate of drug-likeness (QED) is 0.395. The molecule has 8 nitrogen and oxygen atoms in total. The standard InChI is InChI=1S/C26H27Cl2N3O5S/c1-18(26(33)29-2)30(16-19-6-4-5-7-24(19)28)25(32)17-31(21-10-8-20(27)9-11-21)37(34,35)23-14-12-22(36-3)13-15-23/h4-15,18H,16-17H2,1-3H3,(H,29,33). The van der Waals surface area contributed by atoms with Crippen LogP contribution in [0.2, 0.25) is 10.0 Å². The first-order valence-electron chi connectivity index (χ1n) is 11.2. The summed E-state index contributed by atoms with van der Waals surface area (Å²) in [4.78, 5) is 27.5. The first-order valence-corrected chi connectivity index (χ1v) is 13.4. The number of methoxy groups -OCH3 is 1. The third-order valence-electron chi connectivity index (χ3n) is 5.75. The van der Waals surface area contributed by atoms with Gasteiger partial charge < -0.3 is 15.0 Å². The Balaban J connectivity index is 2.03. The van der Waals surface area contributed by atoms with Crippen molar-refractivity contribution < 1.29 is 22.7 Å². The van der Waals surface area contributed by atoms with Gasteiger partial charge in [-0.15, -0.1) is 0 Å². The molecule has 0 spiro atoms. The molecule has 0 saturated heterocycles. The van der Waals surface area contributed by atoms with E-state index in [2.05, 4.69) is 5.32 Å². The van der Waals surface area contributed by atoms with Crippen LogP contribution < -0.4 is 14.4 Å². The van der Waals surface area contributed by atoms with Gasteiger partial charge in [0.1, 0.15) is 18.3 Å². The summed E-state index contributed by atoms with van der Waals surface area (Å²) in [6.45, 7) is 1.00. The zero-order chi connectivity index (χ0) is 27.2. The van der Waals surface area contributed by atoms with Gasteiger partial charge in [-0.3, -0.25) is 13.9 Å². The van der Waals surface area contributed by atoms with Gasteiger partial charge in [0.25, 0.3) is 10.0 Å². The van der Waals surface area contributed by atoms with Crippen molar-refractivity contribution in [3.63, 3.8) is 0 Å². The second-order valence-corrected chi connectivity index (χ2v) is 10.8. The zero-order valence-corrected chi connectivity index (χ0v) is 22.8. The monoisotopic (exact) mass is 563 g/mol. The Morgan fingerprint density at radius 3 is 2.16 bits per heavy atom. The summed E-state index contributed by atoms with van der Waals surface area (Å²) in [5.41, 5.74) is 0.850. The predicted octanol–water partition coefficient (Wildman–Crippen LogP) is 4.36. The number of hydrogen-bond donors (Lipinski definition) is 1. The molecule has 0 aliphatic rings. The van der Waals surface area contributed by atoms with Gasteiger partial charge in [-0.2, -0.15) is 0 Å². The second-order valence-electron chi connectivity index (χ2n) is 8.07. The number of benzene rings is 3. The van der Waals surface area contributed by atoms with Crippen molar-refractivity contribution in [1.82, 2.24) is 10.2 Å². The molecule has 0 aliphatic heterocycles. The zero-order valence-electron chi connectivity index (χ0n) is 20.5. The van der Waals surface area contributed by atoms with Gasteiger partial charge in [-0.05, 0) is 67.1 Å². The molecule has 0 aromatic heterocycles. The number of anilines is 1. The van der Waals surface area contributed by atoms with Crippen LogP contribution in [-0.4, -0.2) is 51.9 Å². The SMILES string of the molecule is CNC(=O)C(C)N(Cc1ccccc1Cl)C(=O)CN(c1ccc(Cl)cc1)S(=O)(=O)c1ccc(OC)cc1. The van der Waals surface area contributed by atoms with Crippen LogP contribution in [0.25, 0.3) is 0 Å². The molecule has 0 aliphatic carbocycles. The Morgan fingerprint density at radius 2 is 1.59 bits per heavy atom. The van der Waals surface area contributed by atoms with Gasteiger partial charge in [-0.1, -0.05) is 41.4 Å². The smallest absolute Gasteiger partial charge is 0.264 e. The summed E-state index contributed by atoms with van der Waals surface area (Å²) in [6, 6.07) is 18.0. The Hall–Kier alpha value is -3.27. The van der Waals surface area contributed by atoms with Crippen molar-refractivity contribution >= 4 is 50.7 Å². The number of nitrogens with zero attached hydrogens (tertiary/aromatic N) is 2. The maximum absolute atomic E-state index is 13.7. The largest absolute Gasteiger partial charge is 0.497 e. The Bertz CT molecular complexity index is 1350. The molecule has 196 valence electrons. The lowest BCUT2D eigenvalue weighted by atomic mass is 10.1. The van der Waals surface area contributed by atoms with Gasteiger partial charge in [-0.25, -0.2) is 8.42 Å². The minimum absolute atomic E-state index is 0.00410. The number of nitrogens with one attached hydrogen (secondary N) is 1. The highest BCUT2D eigenvalue weighted by Crippen LogP contribution is 2.27. The number of amides is 2. The molecule has 2 amide bonds. The van der Waals surface area contributed by atoms with Crippen LogP contribution in [0, 0.1) is 0 Å². The minimum Gasteiger partial charge on any atom is -0.497 e. The molecule has 37 heavy (non-hydrogen) atoms. The van der Waals surface area contributed by atoms with Crippen LogP contribution >= 0.6 is 23.2 Å². The highest BCUT2D eigenvalue weighted by molar-refractivity contribution is 7.92. The molecule has 3 aromatic carbocycles. The molecule has 0 fully saturated rings. The maximum atomic E-state index is 13.7. The summed E-state index contributed by atoms with van der Waals surface area (Å²) < 4.78 is 33.6. The topological polar surface area (TPSA) is 96.0 Å². The minimum atomic E-state index is -4.19. The van der Waals surface area contributed by atoms with Gasteiger partial charge in [0.15, 0.2) is 0 Å². The maximum Gasteiger partial charge on any atom is 0.264 e. The number of sulfonamides is 1. The molecule has 1 N–H and O–H groups in total. The number of carbonyl (C=O) groups excluding carboxylic acids is 2. The summed E-state index contributed by atoms with van der Waals surface area (Å²) in [5.74, 6) is -0.516. The average Bonchev–Trinajstić information content (AvgIpc) is 2.90. The Labute approximate surface area is 226 Å². The fraction of sp³-hybridized carbons (Fsp3) is 0.231. The predicted molar refractivity (Wildman–Crippen MR) is 145 cm³/mol. The summed E-state index contributed by atoms with van der Waals surface area (Å²) in [6.07, 6.45) is 0. The van der Waals surface area contributed by atoms with E-state index < -0.39 is 34.4 Å². The number of carbonyl (C=O) groups is 2. The second kappa shape index (κ2) is 12.3. The molecule has 11 heteroatoms. The normalized spacial score (nSPS) is 11.9. The van der Waals surface area contributed by atoms with E-state index in [-0.39, 0.29) is 17.1 Å². The molecule has 3 aromatic rings. The van der Waals surface area contributed by atoms with Gasteiger partial charge >= 0.3 is 0 Å². The number of halogens is 2. The van der Waals surface area contributed by atoms with Crippen molar-refractivity contribution in [3.05, 3.63) is 88.4 Å². The van der Waals surface area contributed by atoms with E-state index in [0.717, 1.165) is 4.31 Å². The Kier molecular flexibility index (Phi) is 9.42. The fourth-order valence-electron chi connectivity index (χ4n) is 3.61. The third kappa shape index (κ3) is 6.74. The van der Waals surface area contributed by atoms with E-state index in [1.807, 2.05) is 0 Å². The van der Waals surface area contributed by atoms with E-state index in [9.17, 15) is 18.0 Å². The van der Waals surface area contributed by atoms with Crippen molar-refractivity contribution in [3.8, 4) is 5.75 Å². The van der Waals surface area contributed by atoms with Gasteiger partial charge in [0.05, 0.1) is 17.7 Å². The van der Waals surface area contributed by atoms with Crippen LogP contribution in [0.4, 0.5) is 5.69 Å². The van der Waals surface area contributed by atoms with Crippen molar-refractivity contribution in [2.45, 2.75) is 24.4 Å². The highest BCUT2D eigenvalue weighted by Gasteiger charge is 2.32. The Morgan fingerprint density at radius 1 is 0.973 bits per heavy atom. The average molecular weight is 564 g/mol. The van der Waals surface area contributed by atoms with E-state index in [0.29, 0.717) is 21.4 Å². The van der Waals surface area contributed by atoms with Gasteiger partial charge in [0, 0.05) is 23.6 Å². The number of rotatable bonds is 10. The van der Waals surface area contributed by atoms with Crippen LogP contribution in [0.15, 0.2) is 77.7 Å². The fourth-order valence-corrected chi connectivity index (χ4v) is 5.35. The molecule has 1 unspecified atom stereocenters. The summed E-state index contributed by atoms with van der Waals surface area (Å²) in [7, 11) is -1.25. The van der Waals surface area contributed by atoms with Gasteiger partial charge in [0.2, 0.25) is 11.8 Å². The van der Waals surface area contributed by atoms with Crippen LogP contribution in [0.3, 0.4) is 0 Å². The van der Waals surface area contributed by atoms with E-state index in [1.54, 1.807) is 31.2 Å². The molecular weight excluding hydrogens is 537 g/mol. The molecule has 0 heterocycles. The highest BCUT2D eigenvalue weighted by atomic mass is 35.5. The number of likely N-dealkylation sites (N-methyl/N-ethyl adjacent to an activating group) is 1. The van der Waals surface area contributed by atoms with Crippen molar-refractivity contribution in [2.75, 3.05) is 25.0 Å². The number of hydrogen-bond acceptors (Lipinski definition) is 5. The molecule has 1 atom stereocenters. The van der Waals surface area contributed by atoms with Crippen LogP contribution in [-0.2, 0) is 26.2 Å². The first-order chi connectivity index (χ1) is 17.6. The van der Waals surface area contributed by atoms with Crippen molar-refractivity contribution in [1.29, 1.82) is 0 Å². The van der Waals surface area contributed by atoms with Crippen LogP contribution in [0.5, 0.6) is 5.75 Å². The molecular formula is C26H27Cl2N3O5S. The summed E-state index contributed by atoms with van der Waals surface area (Å²) >= 11 is 12.3. The van der Waals surface area contributed by atoms with E-state index in [1.165, 1.54) is 67.6 Å². The molecule has 3 rings (SSSR count). The lowest BCUT2D eigenvalue weighted by molar-refractivity contribution is -0.139.